The van der Waals surface area contributed by atoms with Gasteiger partial charge in [-0.15, -0.1) is 0 Å². The van der Waals surface area contributed by atoms with E-state index in [-0.39, 0.29) is 23.8 Å². The smallest absolute Gasteiger partial charge is 0.310 e. The fourth-order valence-electron chi connectivity index (χ4n) is 2.12. The molecule has 17 heavy (non-hydrogen) atoms. The van der Waals surface area contributed by atoms with Crippen LogP contribution in [0.15, 0.2) is 24.3 Å². The second kappa shape index (κ2) is 5.82. The normalized spacial score (nSPS) is 14.5. The first-order valence-corrected chi connectivity index (χ1v) is 5.88. The summed E-state index contributed by atoms with van der Waals surface area (Å²) in [4.78, 5) is 11.8. The molecule has 0 saturated carbocycles. The Kier molecular flexibility index (Phi) is 4.70. The Bertz CT molecular complexity index is 388. The zero-order valence-electron chi connectivity index (χ0n) is 10.9. The first-order valence-electron chi connectivity index (χ1n) is 5.88. The van der Waals surface area contributed by atoms with Crippen LogP contribution in [-0.4, -0.2) is 13.1 Å². The molecule has 0 fully saturated rings. The lowest BCUT2D eigenvalue weighted by Gasteiger charge is -2.26. The van der Waals surface area contributed by atoms with Gasteiger partial charge in [0.05, 0.1) is 13.0 Å². The summed E-state index contributed by atoms with van der Waals surface area (Å²) in [5.74, 6) is -0.395. The molecule has 0 amide bonds. The second-order valence-electron chi connectivity index (χ2n) is 4.68. The van der Waals surface area contributed by atoms with E-state index in [1.165, 1.54) is 7.11 Å². The Morgan fingerprint density at radius 3 is 2.35 bits per heavy atom. The van der Waals surface area contributed by atoms with Crippen LogP contribution in [0.25, 0.3) is 0 Å². The quantitative estimate of drug-likeness (QED) is 0.815. The molecule has 2 atom stereocenters. The highest BCUT2D eigenvalue weighted by molar-refractivity contribution is 5.73. The van der Waals surface area contributed by atoms with Crippen LogP contribution in [0.2, 0.25) is 0 Å². The van der Waals surface area contributed by atoms with Crippen LogP contribution in [0.4, 0.5) is 0 Å². The molecule has 0 aliphatic rings. The van der Waals surface area contributed by atoms with Crippen LogP contribution >= 0.6 is 0 Å². The van der Waals surface area contributed by atoms with E-state index in [0.29, 0.717) is 0 Å². The molecule has 0 bridgehead atoms. The van der Waals surface area contributed by atoms with Gasteiger partial charge < -0.3 is 10.5 Å². The van der Waals surface area contributed by atoms with E-state index in [4.69, 9.17) is 10.5 Å². The first kappa shape index (κ1) is 13.7. The fourth-order valence-corrected chi connectivity index (χ4v) is 2.12. The highest BCUT2D eigenvalue weighted by Crippen LogP contribution is 2.28. The number of carbonyl (C=O) groups is 1. The molecule has 0 radical (unpaired) electrons. The van der Waals surface area contributed by atoms with Gasteiger partial charge in [0, 0.05) is 6.04 Å². The van der Waals surface area contributed by atoms with Crippen molar-refractivity contribution in [3.8, 4) is 0 Å². The minimum atomic E-state index is -0.316. The Morgan fingerprint density at radius 2 is 1.88 bits per heavy atom. The first-order chi connectivity index (χ1) is 7.99. The summed E-state index contributed by atoms with van der Waals surface area (Å²) in [6.07, 6.45) is 0. The van der Waals surface area contributed by atoms with Crippen molar-refractivity contribution in [1.29, 1.82) is 0 Å². The molecule has 3 heteroatoms. The third kappa shape index (κ3) is 3.07. The van der Waals surface area contributed by atoms with Gasteiger partial charge in [-0.05, 0) is 24.0 Å². The van der Waals surface area contributed by atoms with Crippen LogP contribution in [0, 0.1) is 18.8 Å². The third-order valence-corrected chi connectivity index (χ3v) is 3.13. The number of carbonyl (C=O) groups excluding carboxylic acids is 1. The van der Waals surface area contributed by atoms with Crippen molar-refractivity contribution >= 4 is 5.97 Å². The lowest BCUT2D eigenvalue weighted by Crippen LogP contribution is -2.33. The van der Waals surface area contributed by atoms with Crippen molar-refractivity contribution in [2.45, 2.75) is 26.8 Å². The molecule has 0 saturated heterocycles. The van der Waals surface area contributed by atoms with Gasteiger partial charge in [0.2, 0.25) is 0 Å². The number of ether oxygens (including phenoxy) is 1. The van der Waals surface area contributed by atoms with Gasteiger partial charge in [0.25, 0.3) is 0 Å². The predicted molar refractivity (Wildman–Crippen MR) is 68.5 cm³/mol. The standard InChI is InChI=1S/C14H21NO2/c1-9(2)12(14(16)17-4)13(15)11-8-6-5-7-10(11)3/h5-9,12-13H,15H2,1-4H3. The minimum absolute atomic E-state index is 0.150. The molecule has 1 aromatic rings. The molecule has 2 N–H and O–H groups in total. The van der Waals surface area contributed by atoms with Crippen LogP contribution in [0.1, 0.15) is 31.0 Å². The van der Waals surface area contributed by atoms with Crippen molar-refractivity contribution in [2.24, 2.45) is 17.6 Å². The van der Waals surface area contributed by atoms with Gasteiger partial charge in [-0.1, -0.05) is 38.1 Å². The zero-order valence-corrected chi connectivity index (χ0v) is 10.9. The van der Waals surface area contributed by atoms with Crippen molar-refractivity contribution in [1.82, 2.24) is 0 Å². The molecule has 0 aliphatic heterocycles. The topological polar surface area (TPSA) is 52.3 Å². The summed E-state index contributed by atoms with van der Waals surface area (Å²) >= 11 is 0. The van der Waals surface area contributed by atoms with Crippen LogP contribution in [0.5, 0.6) is 0 Å². The van der Waals surface area contributed by atoms with Gasteiger partial charge in [-0.25, -0.2) is 0 Å². The Labute approximate surface area is 103 Å². The van der Waals surface area contributed by atoms with Crippen molar-refractivity contribution in [3.05, 3.63) is 35.4 Å². The van der Waals surface area contributed by atoms with Gasteiger partial charge in [-0.2, -0.15) is 0 Å². The zero-order chi connectivity index (χ0) is 13.0. The molecule has 1 rings (SSSR count). The lowest BCUT2D eigenvalue weighted by atomic mass is 9.83. The maximum Gasteiger partial charge on any atom is 0.310 e. The molecule has 0 aliphatic carbocycles. The highest BCUT2D eigenvalue weighted by atomic mass is 16.5. The van der Waals surface area contributed by atoms with E-state index < -0.39 is 0 Å². The minimum Gasteiger partial charge on any atom is -0.469 e. The average molecular weight is 235 g/mol. The van der Waals surface area contributed by atoms with Gasteiger partial charge in [-0.3, -0.25) is 4.79 Å². The summed E-state index contributed by atoms with van der Waals surface area (Å²) in [5.41, 5.74) is 8.33. The molecule has 94 valence electrons. The molecule has 3 nitrogen and oxygen atoms in total. The number of hydrogen-bond acceptors (Lipinski definition) is 3. The predicted octanol–water partition coefficient (Wildman–Crippen LogP) is 2.44. The molecule has 0 spiro atoms. The molecule has 1 aromatic carbocycles. The van der Waals surface area contributed by atoms with Gasteiger partial charge in [0.1, 0.15) is 0 Å². The van der Waals surface area contributed by atoms with Gasteiger partial charge >= 0.3 is 5.97 Å². The number of methoxy groups -OCH3 is 1. The van der Waals surface area contributed by atoms with Crippen LogP contribution in [-0.2, 0) is 9.53 Å². The van der Waals surface area contributed by atoms with Crippen molar-refractivity contribution in [2.75, 3.05) is 7.11 Å². The van der Waals surface area contributed by atoms with E-state index >= 15 is 0 Å². The van der Waals surface area contributed by atoms with E-state index in [2.05, 4.69) is 0 Å². The Hall–Kier alpha value is -1.35. The maximum atomic E-state index is 11.8. The molecular weight excluding hydrogens is 214 g/mol. The fraction of sp³-hybridized carbons (Fsp3) is 0.500. The summed E-state index contributed by atoms with van der Waals surface area (Å²) in [5, 5.41) is 0. The third-order valence-electron chi connectivity index (χ3n) is 3.13. The van der Waals surface area contributed by atoms with E-state index in [1.807, 2.05) is 45.0 Å². The van der Waals surface area contributed by atoms with E-state index in [0.717, 1.165) is 11.1 Å². The maximum absolute atomic E-state index is 11.8. The summed E-state index contributed by atoms with van der Waals surface area (Å²) in [6, 6.07) is 7.57. The summed E-state index contributed by atoms with van der Waals surface area (Å²) < 4.78 is 4.84. The average Bonchev–Trinajstić information content (AvgIpc) is 2.28. The largest absolute Gasteiger partial charge is 0.469 e. The van der Waals surface area contributed by atoms with E-state index in [9.17, 15) is 4.79 Å². The lowest BCUT2D eigenvalue weighted by molar-refractivity contribution is -0.147. The number of hydrogen-bond donors (Lipinski definition) is 1. The summed E-state index contributed by atoms with van der Waals surface area (Å²) in [6.45, 7) is 5.98. The summed E-state index contributed by atoms with van der Waals surface area (Å²) in [7, 11) is 1.41. The Morgan fingerprint density at radius 1 is 1.29 bits per heavy atom. The molecule has 0 heterocycles. The van der Waals surface area contributed by atoms with Crippen molar-refractivity contribution < 1.29 is 9.53 Å². The van der Waals surface area contributed by atoms with Crippen molar-refractivity contribution in [3.63, 3.8) is 0 Å². The molecule has 2 unspecified atom stereocenters. The highest BCUT2D eigenvalue weighted by Gasteiger charge is 2.31. The molecule has 0 aromatic heterocycles. The Balaban J connectivity index is 3.04. The number of nitrogens with two attached hydrogens (primary N) is 1. The number of benzene rings is 1. The van der Waals surface area contributed by atoms with Crippen LogP contribution < -0.4 is 5.73 Å². The monoisotopic (exact) mass is 235 g/mol. The molecular formula is C14H21NO2. The van der Waals surface area contributed by atoms with Crippen LogP contribution in [0.3, 0.4) is 0 Å². The second-order valence-corrected chi connectivity index (χ2v) is 4.68. The van der Waals surface area contributed by atoms with E-state index in [1.54, 1.807) is 0 Å². The number of esters is 1. The number of rotatable bonds is 4. The SMILES string of the molecule is COC(=O)C(C(C)C)C(N)c1ccccc1C. The van der Waals surface area contributed by atoms with Gasteiger partial charge in [0.15, 0.2) is 0 Å². The number of aryl methyl sites for hydroxylation is 1.